The molecule has 1 saturated heterocycles. The lowest BCUT2D eigenvalue weighted by atomic mass is 10.0. The molecule has 0 aromatic carbocycles. The monoisotopic (exact) mass is 351 g/mol. The molecule has 0 unspecified atom stereocenters. The molecule has 0 bridgehead atoms. The van der Waals surface area contributed by atoms with E-state index in [1.54, 1.807) is 35.3 Å². The minimum atomic E-state index is -0.416. The molecule has 7 nitrogen and oxygen atoms in total. The number of likely N-dealkylation sites (tertiary alicyclic amines) is 1. The molecule has 7 heteroatoms. The van der Waals surface area contributed by atoms with Crippen molar-refractivity contribution in [2.45, 2.75) is 26.0 Å². The average molecular weight is 351 g/mol. The number of aliphatic hydroxyl groups is 1. The van der Waals surface area contributed by atoms with Crippen molar-refractivity contribution >= 4 is 5.65 Å². The number of aryl methyl sites for hydroxylation is 1. The summed E-state index contributed by atoms with van der Waals surface area (Å²) >= 11 is 0. The summed E-state index contributed by atoms with van der Waals surface area (Å²) in [6, 6.07) is 5.37. The number of fused-ring (bicyclic) bond motifs is 1. The van der Waals surface area contributed by atoms with Crippen LogP contribution in [0, 0.1) is 12.8 Å². The fourth-order valence-corrected chi connectivity index (χ4v) is 3.59. The van der Waals surface area contributed by atoms with Crippen molar-refractivity contribution in [3.63, 3.8) is 0 Å². The van der Waals surface area contributed by atoms with Gasteiger partial charge in [0.25, 0.3) is 5.56 Å². The number of hydrogen-bond acceptors (Lipinski definition) is 6. The summed E-state index contributed by atoms with van der Waals surface area (Å²) in [6.07, 6.45) is 7.07. The van der Waals surface area contributed by atoms with E-state index in [4.69, 9.17) is 0 Å². The molecule has 1 aliphatic rings. The Labute approximate surface area is 151 Å². The van der Waals surface area contributed by atoms with Gasteiger partial charge in [0.2, 0.25) is 0 Å². The Morgan fingerprint density at radius 2 is 2.15 bits per heavy atom. The van der Waals surface area contributed by atoms with Gasteiger partial charge in [-0.2, -0.15) is 0 Å². The molecule has 0 radical (unpaired) electrons. The van der Waals surface area contributed by atoms with Crippen LogP contribution in [0.4, 0.5) is 0 Å². The largest absolute Gasteiger partial charge is 0.391 e. The van der Waals surface area contributed by atoms with E-state index in [1.165, 1.54) is 0 Å². The molecule has 0 aliphatic carbocycles. The summed E-state index contributed by atoms with van der Waals surface area (Å²) in [5.74, 6) is 0.106. The van der Waals surface area contributed by atoms with Crippen LogP contribution in [0.5, 0.6) is 0 Å². The highest BCUT2D eigenvalue weighted by Gasteiger charge is 2.31. The van der Waals surface area contributed by atoms with E-state index in [-0.39, 0.29) is 11.5 Å². The van der Waals surface area contributed by atoms with Crippen LogP contribution in [0.15, 0.2) is 47.8 Å². The summed E-state index contributed by atoms with van der Waals surface area (Å²) in [5, 5.41) is 10.4. The highest BCUT2D eigenvalue weighted by atomic mass is 16.3. The van der Waals surface area contributed by atoms with Crippen molar-refractivity contribution in [3.05, 3.63) is 70.3 Å². The molecule has 1 N–H and O–H groups in total. The molecule has 0 saturated carbocycles. The molecule has 0 amide bonds. The third kappa shape index (κ3) is 3.36. The van der Waals surface area contributed by atoms with E-state index >= 15 is 0 Å². The van der Waals surface area contributed by atoms with Crippen molar-refractivity contribution in [1.29, 1.82) is 0 Å². The number of β-amino-alcohol motifs (C(OH)–C–C–N with tert-alkyl or cyclic N) is 1. The van der Waals surface area contributed by atoms with Gasteiger partial charge in [-0.1, -0.05) is 6.07 Å². The second-order valence-electron chi connectivity index (χ2n) is 6.89. The second kappa shape index (κ2) is 6.93. The van der Waals surface area contributed by atoms with Gasteiger partial charge < -0.3 is 5.11 Å². The molecule has 1 fully saturated rings. The lowest BCUT2D eigenvalue weighted by molar-refractivity contribution is 0.140. The maximum Gasteiger partial charge on any atom is 0.258 e. The Morgan fingerprint density at radius 1 is 1.27 bits per heavy atom. The van der Waals surface area contributed by atoms with Crippen LogP contribution in [0.2, 0.25) is 0 Å². The van der Waals surface area contributed by atoms with Gasteiger partial charge in [-0.05, 0) is 25.0 Å². The van der Waals surface area contributed by atoms with Crippen molar-refractivity contribution in [1.82, 2.24) is 24.3 Å². The van der Waals surface area contributed by atoms with E-state index in [1.807, 2.05) is 19.1 Å². The lowest BCUT2D eigenvalue weighted by Crippen LogP contribution is -2.24. The van der Waals surface area contributed by atoms with Crippen LogP contribution in [0.3, 0.4) is 0 Å². The van der Waals surface area contributed by atoms with Gasteiger partial charge in [0, 0.05) is 56.4 Å². The topological polar surface area (TPSA) is 83.6 Å². The number of hydrogen-bond donors (Lipinski definition) is 1. The molecule has 1 aliphatic heterocycles. The van der Waals surface area contributed by atoms with Gasteiger partial charge in [-0.3, -0.25) is 24.1 Å². The first-order chi connectivity index (χ1) is 12.6. The van der Waals surface area contributed by atoms with Crippen molar-refractivity contribution in [2.24, 2.45) is 5.92 Å². The molecule has 134 valence electrons. The minimum Gasteiger partial charge on any atom is -0.391 e. The first-order valence-electron chi connectivity index (χ1n) is 8.73. The highest BCUT2D eigenvalue weighted by molar-refractivity contribution is 5.46. The molecule has 26 heavy (non-hydrogen) atoms. The van der Waals surface area contributed by atoms with Crippen molar-refractivity contribution in [3.8, 4) is 0 Å². The molecule has 4 heterocycles. The fourth-order valence-electron chi connectivity index (χ4n) is 3.59. The molecular weight excluding hydrogens is 330 g/mol. The summed E-state index contributed by atoms with van der Waals surface area (Å²) in [6.45, 7) is 3.81. The molecule has 3 aromatic heterocycles. The van der Waals surface area contributed by atoms with Crippen molar-refractivity contribution < 1.29 is 5.11 Å². The van der Waals surface area contributed by atoms with E-state index in [9.17, 15) is 9.90 Å². The summed E-state index contributed by atoms with van der Waals surface area (Å²) in [4.78, 5) is 27.5. The maximum absolute atomic E-state index is 12.3. The number of aliphatic hydroxyl groups excluding tert-OH is 1. The molecule has 2 atom stereocenters. The quantitative estimate of drug-likeness (QED) is 0.750. The Morgan fingerprint density at radius 3 is 2.96 bits per heavy atom. The zero-order valence-electron chi connectivity index (χ0n) is 14.6. The number of rotatable bonds is 4. The predicted molar refractivity (Wildman–Crippen MR) is 96.7 cm³/mol. The SMILES string of the molecule is Cc1cccn2c(=O)cc(CN3C[C@@H](Cc4cnccn4)[C@H](O)C3)nc12. The Balaban J connectivity index is 1.50. The standard InChI is InChI=1S/C19H21N5O2/c1-13-3-2-6-24-18(26)8-16(22-19(13)24)11-23-10-14(17(25)12-23)7-15-9-20-4-5-21-15/h2-6,8-9,14,17,25H,7,10-12H2,1H3/t14-,17-/m1/s1. The smallest absolute Gasteiger partial charge is 0.258 e. The zero-order chi connectivity index (χ0) is 18.1. The van der Waals surface area contributed by atoms with Crippen molar-refractivity contribution in [2.75, 3.05) is 13.1 Å². The second-order valence-corrected chi connectivity index (χ2v) is 6.89. The Kier molecular flexibility index (Phi) is 4.48. The van der Waals surface area contributed by atoms with Gasteiger partial charge in [0.05, 0.1) is 17.5 Å². The number of nitrogens with zero attached hydrogens (tertiary/aromatic N) is 5. The van der Waals surface area contributed by atoms with E-state index < -0.39 is 6.10 Å². The van der Waals surface area contributed by atoms with Gasteiger partial charge in [-0.25, -0.2) is 4.98 Å². The van der Waals surface area contributed by atoms with E-state index in [0.29, 0.717) is 25.2 Å². The molecule has 4 rings (SSSR count). The van der Waals surface area contributed by atoms with Gasteiger partial charge >= 0.3 is 0 Å². The van der Waals surface area contributed by atoms with Crippen LogP contribution < -0.4 is 5.56 Å². The maximum atomic E-state index is 12.3. The number of pyridine rings is 1. The van der Waals surface area contributed by atoms with Crippen LogP contribution >= 0.6 is 0 Å². The molecule has 0 spiro atoms. The van der Waals surface area contributed by atoms with E-state index in [0.717, 1.165) is 23.5 Å². The third-order valence-electron chi connectivity index (χ3n) is 4.89. The van der Waals surface area contributed by atoms with Crippen LogP contribution in [0.25, 0.3) is 5.65 Å². The van der Waals surface area contributed by atoms with Crippen LogP contribution in [0.1, 0.15) is 17.0 Å². The number of aromatic nitrogens is 4. The summed E-state index contributed by atoms with van der Waals surface area (Å²) < 4.78 is 1.56. The summed E-state index contributed by atoms with van der Waals surface area (Å²) in [5.41, 5.74) is 3.19. The van der Waals surface area contributed by atoms with Crippen LogP contribution in [-0.2, 0) is 13.0 Å². The minimum absolute atomic E-state index is 0.0791. The highest BCUT2D eigenvalue weighted by Crippen LogP contribution is 2.22. The summed E-state index contributed by atoms with van der Waals surface area (Å²) in [7, 11) is 0. The average Bonchev–Trinajstić information content (AvgIpc) is 2.96. The predicted octanol–water partition coefficient (Wildman–Crippen LogP) is 0.828. The first kappa shape index (κ1) is 16.8. The lowest BCUT2D eigenvalue weighted by Gasteiger charge is -2.15. The van der Waals surface area contributed by atoms with Gasteiger partial charge in [-0.15, -0.1) is 0 Å². The fraction of sp³-hybridized carbons (Fsp3) is 0.368. The van der Waals surface area contributed by atoms with Gasteiger partial charge in [0.1, 0.15) is 5.65 Å². The molecule has 3 aromatic rings. The Bertz CT molecular complexity index is 973. The zero-order valence-corrected chi connectivity index (χ0v) is 14.6. The third-order valence-corrected chi connectivity index (χ3v) is 4.89. The first-order valence-corrected chi connectivity index (χ1v) is 8.73. The molecular formula is C19H21N5O2. The normalized spacial score (nSPS) is 20.7. The van der Waals surface area contributed by atoms with Crippen LogP contribution in [-0.4, -0.2) is 48.6 Å². The Hall–Kier alpha value is -2.64. The van der Waals surface area contributed by atoms with E-state index in [2.05, 4.69) is 19.9 Å². The van der Waals surface area contributed by atoms with Gasteiger partial charge in [0.15, 0.2) is 0 Å².